The first-order chi connectivity index (χ1) is 13.6. The summed E-state index contributed by atoms with van der Waals surface area (Å²) in [5.41, 5.74) is 4.23. The van der Waals surface area contributed by atoms with Gasteiger partial charge in [0.2, 0.25) is 5.91 Å². The molecule has 0 saturated heterocycles. The van der Waals surface area contributed by atoms with Crippen LogP contribution in [0.2, 0.25) is 0 Å². The van der Waals surface area contributed by atoms with Gasteiger partial charge in [-0.15, -0.1) is 0 Å². The van der Waals surface area contributed by atoms with Crippen molar-refractivity contribution >= 4 is 51.3 Å². The number of non-ortho nitro benzene ring substituents is 1. The minimum atomic E-state index is -0.410. The van der Waals surface area contributed by atoms with Gasteiger partial charge in [-0.25, -0.2) is 9.97 Å². The summed E-state index contributed by atoms with van der Waals surface area (Å²) in [7, 11) is 0. The van der Waals surface area contributed by atoms with Crippen molar-refractivity contribution in [3.05, 3.63) is 70.0 Å². The van der Waals surface area contributed by atoms with Gasteiger partial charge in [-0.2, -0.15) is 0 Å². The third-order valence-corrected chi connectivity index (χ3v) is 4.65. The molecule has 0 spiro atoms. The van der Waals surface area contributed by atoms with E-state index in [1.165, 1.54) is 18.5 Å². The van der Waals surface area contributed by atoms with Crippen LogP contribution in [0.4, 0.5) is 22.9 Å². The maximum Gasteiger partial charge on any atom is 0.271 e. The SMILES string of the molecule is O=C(/C=C\Cl)Nc1ccc2ncnc(N3CCc4ccc([N+](=O)[O-])cc43)c2c1. The summed E-state index contributed by atoms with van der Waals surface area (Å²) in [6.45, 7) is 0.647. The van der Waals surface area contributed by atoms with E-state index in [4.69, 9.17) is 11.6 Å². The highest BCUT2D eigenvalue weighted by atomic mass is 35.5. The van der Waals surface area contributed by atoms with Crippen molar-refractivity contribution in [1.29, 1.82) is 0 Å². The molecule has 1 aliphatic heterocycles. The van der Waals surface area contributed by atoms with E-state index in [-0.39, 0.29) is 11.6 Å². The van der Waals surface area contributed by atoms with E-state index in [0.29, 0.717) is 23.6 Å². The van der Waals surface area contributed by atoms with Crippen LogP contribution in [0.5, 0.6) is 0 Å². The highest BCUT2D eigenvalue weighted by molar-refractivity contribution is 6.27. The van der Waals surface area contributed by atoms with Crippen LogP contribution in [-0.2, 0) is 11.2 Å². The lowest BCUT2D eigenvalue weighted by molar-refractivity contribution is -0.384. The lowest BCUT2D eigenvalue weighted by Gasteiger charge is -2.20. The number of carbonyl (C=O) groups is 1. The van der Waals surface area contributed by atoms with Gasteiger partial charge in [0.05, 0.1) is 16.1 Å². The minimum Gasteiger partial charge on any atom is -0.325 e. The van der Waals surface area contributed by atoms with Gasteiger partial charge in [0.25, 0.3) is 5.69 Å². The van der Waals surface area contributed by atoms with Crippen molar-refractivity contribution in [2.75, 3.05) is 16.8 Å². The standard InChI is InChI=1S/C19H14ClN5O3/c20-7-5-18(26)23-13-2-4-16-15(9-13)19(22-11-21-16)24-8-6-12-1-3-14(25(27)28)10-17(12)24/h1-5,7,9-11H,6,8H2,(H,23,26)/b7-5-. The second-order valence-electron chi connectivity index (χ2n) is 6.18. The Hall–Kier alpha value is -3.52. The normalized spacial score (nSPS) is 13.1. The topological polar surface area (TPSA) is 101 Å². The molecule has 140 valence electrons. The van der Waals surface area contributed by atoms with Crippen molar-refractivity contribution in [1.82, 2.24) is 9.97 Å². The third kappa shape index (κ3) is 3.25. The molecule has 8 nitrogen and oxygen atoms in total. The molecule has 28 heavy (non-hydrogen) atoms. The Labute approximate surface area is 164 Å². The van der Waals surface area contributed by atoms with Crippen LogP contribution < -0.4 is 10.2 Å². The molecule has 4 rings (SSSR count). The van der Waals surface area contributed by atoms with Gasteiger partial charge in [-0.05, 0) is 30.2 Å². The van der Waals surface area contributed by atoms with E-state index >= 15 is 0 Å². The number of rotatable bonds is 4. The van der Waals surface area contributed by atoms with Gasteiger partial charge in [-0.1, -0.05) is 17.7 Å². The number of halogens is 1. The highest BCUT2D eigenvalue weighted by Gasteiger charge is 2.25. The van der Waals surface area contributed by atoms with Crippen LogP contribution in [0.1, 0.15) is 5.56 Å². The van der Waals surface area contributed by atoms with Crippen LogP contribution in [-0.4, -0.2) is 27.3 Å². The van der Waals surface area contributed by atoms with Crippen molar-refractivity contribution < 1.29 is 9.72 Å². The number of aromatic nitrogens is 2. The summed E-state index contributed by atoms with van der Waals surface area (Å²) < 4.78 is 0. The summed E-state index contributed by atoms with van der Waals surface area (Å²) >= 11 is 5.44. The van der Waals surface area contributed by atoms with Gasteiger partial charge >= 0.3 is 0 Å². The van der Waals surface area contributed by atoms with Gasteiger partial charge in [0.1, 0.15) is 12.1 Å². The Morgan fingerprint density at radius 3 is 2.89 bits per heavy atom. The molecule has 0 saturated carbocycles. The lowest BCUT2D eigenvalue weighted by Crippen LogP contribution is -2.16. The zero-order valence-electron chi connectivity index (χ0n) is 14.5. The highest BCUT2D eigenvalue weighted by Crippen LogP contribution is 2.38. The van der Waals surface area contributed by atoms with Crippen molar-refractivity contribution in [2.45, 2.75) is 6.42 Å². The van der Waals surface area contributed by atoms with E-state index in [0.717, 1.165) is 28.6 Å². The first-order valence-corrected chi connectivity index (χ1v) is 8.88. The first kappa shape index (κ1) is 17.9. The molecule has 0 bridgehead atoms. The smallest absolute Gasteiger partial charge is 0.271 e. The second kappa shape index (κ2) is 7.24. The lowest BCUT2D eigenvalue weighted by atomic mass is 10.1. The largest absolute Gasteiger partial charge is 0.325 e. The Kier molecular flexibility index (Phi) is 4.62. The first-order valence-electron chi connectivity index (χ1n) is 8.44. The average molecular weight is 396 g/mol. The monoisotopic (exact) mass is 395 g/mol. The average Bonchev–Trinajstić information content (AvgIpc) is 3.10. The predicted octanol–water partition coefficient (Wildman–Crippen LogP) is 3.92. The van der Waals surface area contributed by atoms with Crippen LogP contribution >= 0.6 is 11.6 Å². The molecule has 3 aromatic rings. The Morgan fingerprint density at radius 1 is 1.25 bits per heavy atom. The Morgan fingerprint density at radius 2 is 2.11 bits per heavy atom. The van der Waals surface area contributed by atoms with Gasteiger partial charge < -0.3 is 10.2 Å². The number of hydrogen-bond acceptors (Lipinski definition) is 6. The number of nitrogens with one attached hydrogen (secondary N) is 1. The number of fused-ring (bicyclic) bond motifs is 2. The quantitative estimate of drug-likeness (QED) is 0.408. The van der Waals surface area contributed by atoms with Crippen LogP contribution in [0.3, 0.4) is 0 Å². The number of amides is 1. The van der Waals surface area contributed by atoms with Crippen LogP contribution in [0.25, 0.3) is 10.9 Å². The summed E-state index contributed by atoms with van der Waals surface area (Å²) in [6.07, 6.45) is 3.43. The second-order valence-corrected chi connectivity index (χ2v) is 6.43. The molecule has 0 aliphatic carbocycles. The van der Waals surface area contributed by atoms with Gasteiger partial charge in [0.15, 0.2) is 0 Å². The number of nitrogens with zero attached hydrogens (tertiary/aromatic N) is 4. The molecular formula is C19H14ClN5O3. The molecule has 2 aromatic carbocycles. The number of hydrogen-bond donors (Lipinski definition) is 1. The molecule has 9 heteroatoms. The van der Waals surface area contributed by atoms with E-state index in [9.17, 15) is 14.9 Å². The Bertz CT molecular complexity index is 1130. The minimum absolute atomic E-state index is 0.0322. The van der Waals surface area contributed by atoms with E-state index in [1.54, 1.807) is 30.3 Å². The summed E-state index contributed by atoms with van der Waals surface area (Å²) in [5.74, 6) is 0.281. The van der Waals surface area contributed by atoms with E-state index < -0.39 is 4.92 Å². The fraction of sp³-hybridized carbons (Fsp3) is 0.105. The number of anilines is 3. The van der Waals surface area contributed by atoms with E-state index in [2.05, 4.69) is 15.3 Å². The van der Waals surface area contributed by atoms with Crippen molar-refractivity contribution in [3.8, 4) is 0 Å². The molecule has 0 unspecified atom stereocenters. The summed E-state index contributed by atoms with van der Waals surface area (Å²) in [5, 5.41) is 14.6. The van der Waals surface area contributed by atoms with Crippen molar-refractivity contribution in [2.24, 2.45) is 0 Å². The molecular weight excluding hydrogens is 382 g/mol. The summed E-state index contributed by atoms with van der Waals surface area (Å²) in [6, 6.07) is 10.2. The van der Waals surface area contributed by atoms with Gasteiger partial charge in [0, 0.05) is 41.4 Å². The maximum absolute atomic E-state index is 11.8. The third-order valence-electron chi connectivity index (χ3n) is 4.53. The molecule has 1 aliphatic rings. The Balaban J connectivity index is 1.79. The molecule has 1 N–H and O–H groups in total. The molecule has 2 heterocycles. The number of nitro groups is 1. The fourth-order valence-electron chi connectivity index (χ4n) is 3.28. The fourth-order valence-corrected chi connectivity index (χ4v) is 3.39. The molecule has 0 fully saturated rings. The zero-order valence-corrected chi connectivity index (χ0v) is 15.3. The number of benzene rings is 2. The molecule has 0 radical (unpaired) electrons. The summed E-state index contributed by atoms with van der Waals surface area (Å²) in [4.78, 5) is 33.2. The predicted molar refractivity (Wildman–Crippen MR) is 107 cm³/mol. The molecule has 0 atom stereocenters. The maximum atomic E-state index is 11.8. The number of nitro benzene ring substituents is 1. The van der Waals surface area contributed by atoms with Crippen molar-refractivity contribution in [3.63, 3.8) is 0 Å². The van der Waals surface area contributed by atoms with E-state index in [1.807, 2.05) is 4.90 Å². The van der Waals surface area contributed by atoms with Crippen LogP contribution in [0.15, 0.2) is 54.3 Å². The van der Waals surface area contributed by atoms with Crippen LogP contribution in [0, 0.1) is 10.1 Å². The van der Waals surface area contributed by atoms with Gasteiger partial charge in [-0.3, -0.25) is 14.9 Å². The molecule has 1 amide bonds. The molecule has 1 aromatic heterocycles. The zero-order chi connectivity index (χ0) is 19.7. The number of carbonyl (C=O) groups excluding carboxylic acids is 1.